The summed E-state index contributed by atoms with van der Waals surface area (Å²) in [5, 5.41) is 5.51. The van der Waals surface area contributed by atoms with Crippen molar-refractivity contribution in [1.29, 1.82) is 0 Å². The van der Waals surface area contributed by atoms with Crippen LogP contribution in [0.4, 0.5) is 5.82 Å². The summed E-state index contributed by atoms with van der Waals surface area (Å²) in [7, 11) is 2.08. The van der Waals surface area contributed by atoms with Gasteiger partial charge in [-0.15, -0.1) is 0 Å². The van der Waals surface area contributed by atoms with Crippen LogP contribution in [0, 0.1) is 18.8 Å². The number of aryl methyl sites for hydroxylation is 2. The van der Waals surface area contributed by atoms with Gasteiger partial charge < -0.3 is 4.90 Å². The minimum absolute atomic E-state index is 0.911. The quantitative estimate of drug-likeness (QED) is 0.752. The normalized spacial score (nSPS) is 19.3. The van der Waals surface area contributed by atoms with E-state index in [9.17, 15) is 0 Å². The van der Waals surface area contributed by atoms with E-state index < -0.39 is 0 Å². The van der Waals surface area contributed by atoms with Crippen LogP contribution in [-0.2, 0) is 12.4 Å². The standard InChI is InChI=1S/C14H22BrN3/c1-10-13(7-15)14(17(2)16-10)18(8-11-3-4-11)9-12-5-6-12/h11-12H,3-9H2,1-2H3. The molecule has 0 radical (unpaired) electrons. The average Bonchev–Trinajstić information content (AvgIpc) is 3.20. The van der Waals surface area contributed by atoms with Crippen molar-refractivity contribution in [3.63, 3.8) is 0 Å². The molecule has 0 bridgehead atoms. The van der Waals surface area contributed by atoms with E-state index in [1.54, 1.807) is 0 Å². The van der Waals surface area contributed by atoms with Gasteiger partial charge in [-0.1, -0.05) is 15.9 Å². The third-order valence-corrected chi connectivity index (χ3v) is 4.66. The summed E-state index contributed by atoms with van der Waals surface area (Å²) >= 11 is 3.62. The van der Waals surface area contributed by atoms with E-state index in [4.69, 9.17) is 0 Å². The van der Waals surface area contributed by atoms with E-state index in [1.807, 2.05) is 0 Å². The predicted molar refractivity (Wildman–Crippen MR) is 78.2 cm³/mol. The highest BCUT2D eigenvalue weighted by Crippen LogP contribution is 2.37. The van der Waals surface area contributed by atoms with E-state index in [-0.39, 0.29) is 0 Å². The lowest BCUT2D eigenvalue weighted by molar-refractivity contribution is 0.638. The molecule has 4 heteroatoms. The van der Waals surface area contributed by atoms with Crippen LogP contribution in [-0.4, -0.2) is 22.9 Å². The fourth-order valence-electron chi connectivity index (χ4n) is 2.71. The molecule has 3 rings (SSSR count). The van der Waals surface area contributed by atoms with Gasteiger partial charge in [-0.25, -0.2) is 0 Å². The third-order valence-electron chi connectivity index (χ3n) is 4.10. The molecule has 18 heavy (non-hydrogen) atoms. The van der Waals surface area contributed by atoms with Crippen LogP contribution in [0.1, 0.15) is 36.9 Å². The fourth-order valence-corrected chi connectivity index (χ4v) is 3.37. The lowest BCUT2D eigenvalue weighted by Gasteiger charge is -2.26. The molecular weight excluding hydrogens is 290 g/mol. The number of nitrogens with zero attached hydrogens (tertiary/aromatic N) is 3. The van der Waals surface area contributed by atoms with Gasteiger partial charge in [-0.2, -0.15) is 5.10 Å². The first kappa shape index (κ1) is 12.5. The number of alkyl halides is 1. The molecule has 0 spiro atoms. The molecule has 100 valence electrons. The van der Waals surface area contributed by atoms with E-state index >= 15 is 0 Å². The first-order valence-corrected chi connectivity index (χ1v) is 8.14. The molecule has 2 saturated carbocycles. The fraction of sp³-hybridized carbons (Fsp3) is 0.786. The van der Waals surface area contributed by atoms with Gasteiger partial charge in [0, 0.05) is 31.0 Å². The molecule has 2 aliphatic carbocycles. The number of hydrogen-bond acceptors (Lipinski definition) is 2. The second-order valence-electron chi connectivity index (χ2n) is 5.94. The average molecular weight is 312 g/mol. The van der Waals surface area contributed by atoms with Crippen LogP contribution >= 0.6 is 15.9 Å². The zero-order chi connectivity index (χ0) is 12.7. The first-order valence-electron chi connectivity index (χ1n) is 7.02. The van der Waals surface area contributed by atoms with Crippen molar-refractivity contribution in [2.24, 2.45) is 18.9 Å². The topological polar surface area (TPSA) is 21.1 Å². The second-order valence-corrected chi connectivity index (χ2v) is 6.50. The smallest absolute Gasteiger partial charge is 0.130 e. The Labute approximate surface area is 118 Å². The largest absolute Gasteiger partial charge is 0.356 e. The Bertz CT molecular complexity index is 418. The van der Waals surface area contributed by atoms with Crippen LogP contribution in [0.25, 0.3) is 0 Å². The Morgan fingerprint density at radius 2 is 1.78 bits per heavy atom. The summed E-state index contributed by atoms with van der Waals surface area (Å²) in [4.78, 5) is 2.60. The van der Waals surface area contributed by atoms with Gasteiger partial charge >= 0.3 is 0 Å². The van der Waals surface area contributed by atoms with Crippen molar-refractivity contribution < 1.29 is 0 Å². The van der Waals surface area contributed by atoms with E-state index in [0.717, 1.165) is 17.2 Å². The maximum absolute atomic E-state index is 4.60. The molecule has 0 amide bonds. The number of hydrogen-bond donors (Lipinski definition) is 0. The molecule has 1 aromatic rings. The summed E-state index contributed by atoms with van der Waals surface area (Å²) < 4.78 is 2.08. The van der Waals surface area contributed by atoms with E-state index in [0.29, 0.717) is 0 Å². The molecule has 1 heterocycles. The number of halogens is 1. The molecule has 2 aliphatic rings. The molecule has 0 N–H and O–H groups in total. The van der Waals surface area contributed by atoms with Gasteiger partial charge in [-0.3, -0.25) is 4.68 Å². The molecule has 2 fully saturated rings. The summed E-state index contributed by atoms with van der Waals surface area (Å²) in [6.07, 6.45) is 5.67. The minimum atomic E-state index is 0.911. The lowest BCUT2D eigenvalue weighted by Crippen LogP contribution is -2.30. The highest BCUT2D eigenvalue weighted by Gasteiger charge is 2.31. The highest BCUT2D eigenvalue weighted by atomic mass is 79.9. The zero-order valence-electron chi connectivity index (χ0n) is 11.3. The van der Waals surface area contributed by atoms with Crippen molar-refractivity contribution in [2.45, 2.75) is 37.9 Å². The lowest BCUT2D eigenvalue weighted by atomic mass is 10.2. The molecule has 0 unspecified atom stereocenters. The van der Waals surface area contributed by atoms with Crippen LogP contribution in [0.15, 0.2) is 0 Å². The van der Waals surface area contributed by atoms with E-state index in [1.165, 1.54) is 55.8 Å². The second kappa shape index (κ2) is 4.87. The summed E-state index contributed by atoms with van der Waals surface area (Å²) in [6.45, 7) is 4.58. The highest BCUT2D eigenvalue weighted by molar-refractivity contribution is 9.08. The van der Waals surface area contributed by atoms with Gasteiger partial charge in [0.05, 0.1) is 5.69 Å². The molecule has 0 aromatic carbocycles. The maximum atomic E-state index is 4.60. The predicted octanol–water partition coefficient (Wildman–Crippen LogP) is 3.25. The van der Waals surface area contributed by atoms with Gasteiger partial charge in [0.15, 0.2) is 0 Å². The van der Waals surface area contributed by atoms with Gasteiger partial charge in [-0.05, 0) is 44.4 Å². The summed E-state index contributed by atoms with van der Waals surface area (Å²) in [6, 6.07) is 0. The Morgan fingerprint density at radius 3 is 2.22 bits per heavy atom. The Morgan fingerprint density at radius 1 is 1.22 bits per heavy atom. The van der Waals surface area contributed by atoms with Crippen molar-refractivity contribution >= 4 is 21.7 Å². The molecular formula is C14H22BrN3. The van der Waals surface area contributed by atoms with Crippen LogP contribution in [0.3, 0.4) is 0 Å². The summed E-state index contributed by atoms with van der Waals surface area (Å²) in [5.74, 6) is 3.22. The number of rotatable bonds is 6. The molecule has 1 aromatic heterocycles. The maximum Gasteiger partial charge on any atom is 0.130 e. The van der Waals surface area contributed by atoms with Gasteiger partial charge in [0.2, 0.25) is 0 Å². The van der Waals surface area contributed by atoms with Crippen molar-refractivity contribution in [2.75, 3.05) is 18.0 Å². The minimum Gasteiger partial charge on any atom is -0.356 e. The molecule has 0 atom stereocenters. The Balaban J connectivity index is 1.86. The summed E-state index contributed by atoms with van der Waals surface area (Å²) in [5.41, 5.74) is 2.54. The Kier molecular flexibility index (Phi) is 3.39. The van der Waals surface area contributed by atoms with Crippen molar-refractivity contribution in [3.05, 3.63) is 11.3 Å². The molecule has 3 nitrogen and oxygen atoms in total. The number of anilines is 1. The first-order chi connectivity index (χ1) is 8.69. The van der Waals surface area contributed by atoms with Crippen molar-refractivity contribution in [3.8, 4) is 0 Å². The van der Waals surface area contributed by atoms with E-state index in [2.05, 4.69) is 44.6 Å². The number of aromatic nitrogens is 2. The molecule has 0 aliphatic heterocycles. The Hall–Kier alpha value is -0.510. The van der Waals surface area contributed by atoms with Crippen molar-refractivity contribution in [1.82, 2.24) is 9.78 Å². The SMILES string of the molecule is Cc1nn(C)c(N(CC2CC2)CC2CC2)c1CBr. The van der Waals surface area contributed by atoms with Gasteiger partial charge in [0.25, 0.3) is 0 Å². The third kappa shape index (κ3) is 2.58. The van der Waals surface area contributed by atoms with Crippen LogP contribution < -0.4 is 4.90 Å². The van der Waals surface area contributed by atoms with Crippen LogP contribution in [0.5, 0.6) is 0 Å². The zero-order valence-corrected chi connectivity index (χ0v) is 12.9. The monoisotopic (exact) mass is 311 g/mol. The van der Waals surface area contributed by atoms with Crippen LogP contribution in [0.2, 0.25) is 0 Å². The molecule has 0 saturated heterocycles. The van der Waals surface area contributed by atoms with Gasteiger partial charge in [0.1, 0.15) is 5.82 Å².